The van der Waals surface area contributed by atoms with Crippen LogP contribution in [0.25, 0.3) is 0 Å². The van der Waals surface area contributed by atoms with Crippen molar-refractivity contribution in [1.29, 1.82) is 0 Å². The lowest BCUT2D eigenvalue weighted by Gasteiger charge is -2.38. The van der Waals surface area contributed by atoms with Gasteiger partial charge in [0.05, 0.1) is 16.9 Å². The predicted molar refractivity (Wildman–Crippen MR) is 138 cm³/mol. The molecule has 1 aliphatic rings. The van der Waals surface area contributed by atoms with Crippen molar-refractivity contribution in [3.63, 3.8) is 0 Å². The number of ether oxygens (including phenoxy) is 1. The lowest BCUT2D eigenvalue weighted by Crippen LogP contribution is -2.46. The zero-order chi connectivity index (χ0) is 25.8. The SMILES string of the molecule is COc1cccc(S(=O)(=O)N(Cc2cccnc2)C2CCN(Cc3ccccc3S(C)(=O)=O)CC2)c1. The Kier molecular flexibility index (Phi) is 8.09. The Bertz CT molecular complexity index is 1390. The van der Waals surface area contributed by atoms with Gasteiger partial charge >= 0.3 is 0 Å². The topological polar surface area (TPSA) is 96.9 Å². The van der Waals surface area contributed by atoms with Crippen LogP contribution in [0.5, 0.6) is 5.75 Å². The summed E-state index contributed by atoms with van der Waals surface area (Å²) in [6.07, 6.45) is 5.83. The van der Waals surface area contributed by atoms with Gasteiger partial charge < -0.3 is 4.74 Å². The number of nitrogens with zero attached hydrogens (tertiary/aromatic N) is 3. The van der Waals surface area contributed by atoms with Crippen LogP contribution in [0.3, 0.4) is 0 Å². The van der Waals surface area contributed by atoms with E-state index in [4.69, 9.17) is 4.74 Å². The third-order valence-electron chi connectivity index (χ3n) is 6.44. The van der Waals surface area contributed by atoms with Crippen molar-refractivity contribution in [2.75, 3.05) is 26.5 Å². The molecule has 0 aliphatic carbocycles. The van der Waals surface area contributed by atoms with Crippen molar-refractivity contribution in [3.8, 4) is 5.75 Å². The van der Waals surface area contributed by atoms with Crippen LogP contribution < -0.4 is 4.74 Å². The molecule has 1 saturated heterocycles. The minimum Gasteiger partial charge on any atom is -0.497 e. The van der Waals surface area contributed by atoms with E-state index in [9.17, 15) is 16.8 Å². The van der Waals surface area contributed by atoms with Crippen LogP contribution >= 0.6 is 0 Å². The number of sulfone groups is 1. The molecule has 1 aliphatic heterocycles. The second-order valence-corrected chi connectivity index (χ2v) is 12.9. The van der Waals surface area contributed by atoms with Crippen molar-refractivity contribution in [2.45, 2.75) is 41.8 Å². The van der Waals surface area contributed by atoms with Gasteiger partial charge in [0.1, 0.15) is 5.75 Å². The number of benzene rings is 2. The van der Waals surface area contributed by atoms with Crippen molar-refractivity contribution in [2.24, 2.45) is 0 Å². The van der Waals surface area contributed by atoms with Gasteiger partial charge in [0.2, 0.25) is 10.0 Å². The lowest BCUT2D eigenvalue weighted by atomic mass is 10.0. The zero-order valence-corrected chi connectivity index (χ0v) is 22.1. The van der Waals surface area contributed by atoms with E-state index in [-0.39, 0.29) is 17.5 Å². The number of pyridine rings is 1. The minimum atomic E-state index is -3.81. The number of likely N-dealkylation sites (tertiary alicyclic amines) is 1. The number of piperidine rings is 1. The quantitative estimate of drug-likeness (QED) is 0.419. The highest BCUT2D eigenvalue weighted by atomic mass is 32.2. The van der Waals surface area contributed by atoms with E-state index < -0.39 is 19.9 Å². The maximum atomic E-state index is 13.8. The van der Waals surface area contributed by atoms with E-state index in [1.54, 1.807) is 59.2 Å². The van der Waals surface area contributed by atoms with Crippen molar-refractivity contribution < 1.29 is 21.6 Å². The van der Waals surface area contributed by atoms with Crippen molar-refractivity contribution in [1.82, 2.24) is 14.2 Å². The summed E-state index contributed by atoms with van der Waals surface area (Å²) in [5.74, 6) is 0.483. The normalized spacial score (nSPS) is 15.8. The Hall–Kier alpha value is -2.79. The van der Waals surface area contributed by atoms with Gasteiger partial charge in [-0.3, -0.25) is 9.88 Å². The summed E-state index contributed by atoms with van der Waals surface area (Å²) in [6, 6.07) is 17.0. The molecule has 10 heteroatoms. The van der Waals surface area contributed by atoms with Crippen LogP contribution in [-0.4, -0.2) is 63.5 Å². The molecule has 1 fully saturated rings. The Balaban J connectivity index is 1.55. The van der Waals surface area contributed by atoms with Gasteiger partial charge in [-0.15, -0.1) is 0 Å². The maximum Gasteiger partial charge on any atom is 0.243 e. The van der Waals surface area contributed by atoms with Crippen LogP contribution in [0, 0.1) is 0 Å². The molecule has 0 radical (unpaired) electrons. The van der Waals surface area contributed by atoms with Crippen LogP contribution in [0.2, 0.25) is 0 Å². The maximum absolute atomic E-state index is 13.8. The first-order valence-electron chi connectivity index (χ1n) is 11.7. The smallest absolute Gasteiger partial charge is 0.243 e. The fourth-order valence-corrected chi connectivity index (χ4v) is 7.22. The molecule has 3 aromatic rings. The number of sulfonamides is 1. The highest BCUT2D eigenvalue weighted by Crippen LogP contribution is 2.29. The Morgan fingerprint density at radius 3 is 2.42 bits per heavy atom. The number of rotatable bonds is 9. The second kappa shape index (κ2) is 11.1. The molecule has 0 atom stereocenters. The van der Waals surface area contributed by atoms with Gasteiger partial charge in [0, 0.05) is 56.9 Å². The minimum absolute atomic E-state index is 0.190. The van der Waals surface area contributed by atoms with Crippen LogP contribution in [0.15, 0.2) is 82.8 Å². The van der Waals surface area contributed by atoms with Crippen molar-refractivity contribution in [3.05, 3.63) is 84.2 Å². The van der Waals surface area contributed by atoms with Gasteiger partial charge in [-0.25, -0.2) is 16.8 Å². The first-order chi connectivity index (χ1) is 17.2. The summed E-state index contributed by atoms with van der Waals surface area (Å²) >= 11 is 0. The number of methoxy groups -OCH3 is 1. The summed E-state index contributed by atoms with van der Waals surface area (Å²) in [7, 11) is -5.62. The van der Waals surface area contributed by atoms with E-state index in [0.717, 1.165) is 11.1 Å². The van der Waals surface area contributed by atoms with Crippen LogP contribution in [0.4, 0.5) is 0 Å². The van der Waals surface area contributed by atoms with Gasteiger partial charge in [0.25, 0.3) is 0 Å². The van der Waals surface area contributed by atoms with Crippen molar-refractivity contribution >= 4 is 19.9 Å². The molecule has 1 aromatic heterocycles. The molecular weight excluding hydrogens is 498 g/mol. The molecular formula is C26H31N3O5S2. The molecule has 192 valence electrons. The number of hydrogen-bond donors (Lipinski definition) is 0. The van der Waals surface area contributed by atoms with E-state index in [0.29, 0.717) is 43.1 Å². The molecule has 0 N–H and O–H groups in total. The highest BCUT2D eigenvalue weighted by Gasteiger charge is 2.34. The summed E-state index contributed by atoms with van der Waals surface area (Å²) in [4.78, 5) is 6.86. The van der Waals surface area contributed by atoms with Gasteiger partial charge in [-0.1, -0.05) is 30.3 Å². The van der Waals surface area contributed by atoms with Gasteiger partial charge in [0.15, 0.2) is 9.84 Å². The molecule has 0 amide bonds. The lowest BCUT2D eigenvalue weighted by molar-refractivity contribution is 0.149. The standard InChI is InChI=1S/C26H31N3O5S2/c1-34-24-9-5-10-25(17-24)36(32,33)29(19-21-7-6-14-27-18-21)23-12-15-28(16-13-23)20-22-8-3-4-11-26(22)35(2,30)31/h3-11,14,17-18,23H,12-13,15-16,19-20H2,1-2H3. The molecule has 0 bridgehead atoms. The fraction of sp³-hybridized carbons (Fsp3) is 0.346. The largest absolute Gasteiger partial charge is 0.497 e. The van der Waals surface area contributed by atoms with Gasteiger partial charge in [-0.05, 0) is 48.2 Å². The van der Waals surface area contributed by atoms with E-state index in [2.05, 4.69) is 9.88 Å². The fourth-order valence-electron chi connectivity index (χ4n) is 4.58. The molecule has 2 heterocycles. The highest BCUT2D eigenvalue weighted by molar-refractivity contribution is 7.90. The molecule has 4 rings (SSSR count). The van der Waals surface area contributed by atoms with E-state index >= 15 is 0 Å². The molecule has 36 heavy (non-hydrogen) atoms. The number of aromatic nitrogens is 1. The van der Waals surface area contributed by atoms with E-state index in [1.165, 1.54) is 13.4 Å². The summed E-state index contributed by atoms with van der Waals surface area (Å²) in [5, 5.41) is 0. The Labute approximate surface area is 213 Å². The molecule has 0 saturated carbocycles. The summed E-state index contributed by atoms with van der Waals surface area (Å²) in [5.41, 5.74) is 1.57. The summed E-state index contributed by atoms with van der Waals surface area (Å²) < 4.78 is 58.8. The average molecular weight is 530 g/mol. The first kappa shape index (κ1) is 26.3. The predicted octanol–water partition coefficient (Wildman–Crippen LogP) is 3.35. The Morgan fingerprint density at radius 1 is 1.00 bits per heavy atom. The zero-order valence-electron chi connectivity index (χ0n) is 20.4. The Morgan fingerprint density at radius 2 is 1.75 bits per heavy atom. The van der Waals surface area contributed by atoms with Crippen LogP contribution in [-0.2, 0) is 33.0 Å². The molecule has 2 aromatic carbocycles. The third-order valence-corrected chi connectivity index (χ3v) is 9.53. The number of hydrogen-bond acceptors (Lipinski definition) is 7. The third kappa shape index (κ3) is 6.12. The van der Waals surface area contributed by atoms with E-state index in [1.807, 2.05) is 18.2 Å². The summed E-state index contributed by atoms with van der Waals surface area (Å²) in [6.45, 7) is 2.02. The van der Waals surface area contributed by atoms with Gasteiger partial charge in [-0.2, -0.15) is 4.31 Å². The molecule has 0 unspecified atom stereocenters. The second-order valence-electron chi connectivity index (χ2n) is 8.98. The average Bonchev–Trinajstić information content (AvgIpc) is 2.88. The molecule has 8 nitrogen and oxygen atoms in total. The molecule has 0 spiro atoms. The first-order valence-corrected chi connectivity index (χ1v) is 15.1. The van der Waals surface area contributed by atoms with Crippen LogP contribution in [0.1, 0.15) is 24.0 Å². The monoisotopic (exact) mass is 529 g/mol.